The molecule has 0 fully saturated rings. The summed E-state index contributed by atoms with van der Waals surface area (Å²) in [6.45, 7) is 4.86. The average Bonchev–Trinajstić information content (AvgIpc) is 1.81. The molecule has 48 valence electrons. The Morgan fingerprint density at radius 3 is 2.75 bits per heavy atom. The van der Waals surface area contributed by atoms with Gasteiger partial charge in [0.1, 0.15) is 0 Å². The van der Waals surface area contributed by atoms with Crippen LogP contribution >= 0.6 is 0 Å². The Morgan fingerprint density at radius 2 is 2.25 bits per heavy atom. The molecule has 0 bridgehead atoms. The van der Waals surface area contributed by atoms with Crippen molar-refractivity contribution in [3.8, 4) is 0 Å². The highest BCUT2D eigenvalue weighted by molar-refractivity contribution is 4.47. The SMILES string of the molecule is C=COCCCOC. The molecular formula is C6H12O2. The summed E-state index contributed by atoms with van der Waals surface area (Å²) in [4.78, 5) is 0. The molecule has 2 heteroatoms. The minimum Gasteiger partial charge on any atom is -0.502 e. The average molecular weight is 116 g/mol. The molecule has 0 aliphatic heterocycles. The maximum absolute atomic E-state index is 4.82. The molecule has 0 aliphatic rings. The van der Waals surface area contributed by atoms with Crippen LogP contribution in [0, 0.1) is 0 Å². The third kappa shape index (κ3) is 5.50. The summed E-state index contributed by atoms with van der Waals surface area (Å²) in [5.41, 5.74) is 0. The predicted molar refractivity (Wildman–Crippen MR) is 32.6 cm³/mol. The van der Waals surface area contributed by atoms with E-state index in [9.17, 15) is 0 Å². The zero-order valence-corrected chi connectivity index (χ0v) is 5.22. The number of rotatable bonds is 5. The summed E-state index contributed by atoms with van der Waals surface area (Å²) < 4.78 is 9.59. The Kier molecular flexibility index (Phi) is 6.09. The number of ether oxygens (including phenoxy) is 2. The van der Waals surface area contributed by atoms with Crippen LogP contribution in [0.2, 0.25) is 0 Å². The maximum atomic E-state index is 4.82. The van der Waals surface area contributed by atoms with Gasteiger partial charge in [-0.3, -0.25) is 0 Å². The smallest absolute Gasteiger partial charge is 0.0895 e. The predicted octanol–water partition coefficient (Wildman–Crippen LogP) is 1.18. The summed E-state index contributed by atoms with van der Waals surface area (Å²) in [5.74, 6) is 0. The Hall–Kier alpha value is -0.500. The number of hydrogen-bond donors (Lipinski definition) is 0. The van der Waals surface area contributed by atoms with Crippen LogP contribution in [0.1, 0.15) is 6.42 Å². The highest BCUT2D eigenvalue weighted by Crippen LogP contribution is 1.81. The van der Waals surface area contributed by atoms with Crippen molar-refractivity contribution in [1.29, 1.82) is 0 Å². The molecule has 0 atom stereocenters. The van der Waals surface area contributed by atoms with Gasteiger partial charge in [0.2, 0.25) is 0 Å². The highest BCUT2D eigenvalue weighted by atomic mass is 16.5. The zero-order valence-electron chi connectivity index (χ0n) is 5.22. The van der Waals surface area contributed by atoms with Crippen LogP contribution in [0.5, 0.6) is 0 Å². The van der Waals surface area contributed by atoms with Gasteiger partial charge in [-0.25, -0.2) is 0 Å². The lowest BCUT2D eigenvalue weighted by atomic mass is 10.5. The zero-order chi connectivity index (χ0) is 6.24. The Labute approximate surface area is 50.1 Å². The van der Waals surface area contributed by atoms with Crippen LogP contribution in [0.3, 0.4) is 0 Å². The van der Waals surface area contributed by atoms with Gasteiger partial charge < -0.3 is 9.47 Å². The van der Waals surface area contributed by atoms with Crippen molar-refractivity contribution in [3.63, 3.8) is 0 Å². The number of hydrogen-bond acceptors (Lipinski definition) is 2. The van der Waals surface area contributed by atoms with Gasteiger partial charge in [0.25, 0.3) is 0 Å². The molecule has 0 N–H and O–H groups in total. The van der Waals surface area contributed by atoms with E-state index in [1.165, 1.54) is 6.26 Å². The second-order valence-electron chi connectivity index (χ2n) is 1.38. The maximum Gasteiger partial charge on any atom is 0.0895 e. The molecule has 0 spiro atoms. The summed E-state index contributed by atoms with van der Waals surface area (Å²) >= 11 is 0. The van der Waals surface area contributed by atoms with E-state index in [-0.39, 0.29) is 0 Å². The van der Waals surface area contributed by atoms with Gasteiger partial charge in [-0.15, -0.1) is 0 Å². The monoisotopic (exact) mass is 116 g/mol. The van der Waals surface area contributed by atoms with Crippen LogP contribution < -0.4 is 0 Å². The van der Waals surface area contributed by atoms with E-state index in [0.717, 1.165) is 13.0 Å². The minimum absolute atomic E-state index is 0.706. The summed E-state index contributed by atoms with van der Waals surface area (Å²) in [6.07, 6.45) is 2.37. The molecule has 0 aliphatic carbocycles. The Balaban J connectivity index is 2.62. The highest BCUT2D eigenvalue weighted by Gasteiger charge is 1.80. The number of methoxy groups -OCH3 is 1. The molecule has 0 aromatic rings. The molecular weight excluding hydrogens is 104 g/mol. The van der Waals surface area contributed by atoms with Crippen molar-refractivity contribution in [2.24, 2.45) is 0 Å². The fourth-order valence-corrected chi connectivity index (χ4v) is 0.370. The van der Waals surface area contributed by atoms with E-state index in [1.54, 1.807) is 7.11 Å². The molecule has 0 heterocycles. The van der Waals surface area contributed by atoms with Crippen molar-refractivity contribution in [2.45, 2.75) is 6.42 Å². The quantitative estimate of drug-likeness (QED) is 0.396. The van der Waals surface area contributed by atoms with Crippen LogP contribution in [0.15, 0.2) is 12.8 Å². The lowest BCUT2D eigenvalue weighted by molar-refractivity contribution is 0.157. The Bertz CT molecular complexity index is 52.5. The van der Waals surface area contributed by atoms with Gasteiger partial charge in [0.15, 0.2) is 0 Å². The molecule has 0 aromatic heterocycles. The van der Waals surface area contributed by atoms with Crippen molar-refractivity contribution in [3.05, 3.63) is 12.8 Å². The lowest BCUT2D eigenvalue weighted by Gasteiger charge is -1.97. The first-order valence-electron chi connectivity index (χ1n) is 2.63. The normalized spacial score (nSPS) is 8.62. The third-order valence-electron chi connectivity index (χ3n) is 0.729. The van der Waals surface area contributed by atoms with Crippen LogP contribution in [0.25, 0.3) is 0 Å². The van der Waals surface area contributed by atoms with E-state index >= 15 is 0 Å². The summed E-state index contributed by atoms with van der Waals surface area (Å²) in [7, 11) is 1.67. The van der Waals surface area contributed by atoms with Crippen molar-refractivity contribution < 1.29 is 9.47 Å². The molecule has 0 radical (unpaired) electrons. The van der Waals surface area contributed by atoms with Crippen molar-refractivity contribution in [1.82, 2.24) is 0 Å². The summed E-state index contributed by atoms with van der Waals surface area (Å²) in [6, 6.07) is 0. The van der Waals surface area contributed by atoms with Gasteiger partial charge in [-0.05, 0) is 0 Å². The van der Waals surface area contributed by atoms with Gasteiger partial charge in [0, 0.05) is 20.1 Å². The second-order valence-corrected chi connectivity index (χ2v) is 1.38. The first-order chi connectivity index (χ1) is 3.91. The van der Waals surface area contributed by atoms with Crippen molar-refractivity contribution >= 4 is 0 Å². The topological polar surface area (TPSA) is 18.5 Å². The summed E-state index contributed by atoms with van der Waals surface area (Å²) in [5, 5.41) is 0. The van der Waals surface area contributed by atoms with Gasteiger partial charge in [-0.2, -0.15) is 0 Å². The first kappa shape index (κ1) is 7.50. The standard InChI is InChI=1S/C6H12O2/c1-3-8-6-4-5-7-2/h3H,1,4-6H2,2H3. The molecule has 0 unspecified atom stereocenters. The largest absolute Gasteiger partial charge is 0.502 e. The van der Waals surface area contributed by atoms with E-state index in [4.69, 9.17) is 9.47 Å². The minimum atomic E-state index is 0.706. The van der Waals surface area contributed by atoms with Crippen molar-refractivity contribution in [2.75, 3.05) is 20.3 Å². The third-order valence-corrected chi connectivity index (χ3v) is 0.729. The van der Waals surface area contributed by atoms with Gasteiger partial charge in [-0.1, -0.05) is 6.58 Å². The lowest BCUT2D eigenvalue weighted by Crippen LogP contribution is -1.93. The second kappa shape index (κ2) is 6.50. The molecule has 0 saturated carbocycles. The first-order valence-corrected chi connectivity index (χ1v) is 2.63. The van der Waals surface area contributed by atoms with Gasteiger partial charge >= 0.3 is 0 Å². The molecule has 0 saturated heterocycles. The van der Waals surface area contributed by atoms with Gasteiger partial charge in [0.05, 0.1) is 12.9 Å². The van der Waals surface area contributed by atoms with E-state index < -0.39 is 0 Å². The molecule has 0 amide bonds. The van der Waals surface area contributed by atoms with Crippen LogP contribution in [-0.4, -0.2) is 20.3 Å². The fourth-order valence-electron chi connectivity index (χ4n) is 0.370. The van der Waals surface area contributed by atoms with Crippen LogP contribution in [-0.2, 0) is 9.47 Å². The Morgan fingerprint density at radius 1 is 1.50 bits per heavy atom. The fraction of sp³-hybridized carbons (Fsp3) is 0.667. The van der Waals surface area contributed by atoms with E-state index in [1.807, 2.05) is 0 Å². The molecule has 0 rings (SSSR count). The van der Waals surface area contributed by atoms with E-state index in [0.29, 0.717) is 6.61 Å². The van der Waals surface area contributed by atoms with Crippen LogP contribution in [0.4, 0.5) is 0 Å². The molecule has 2 nitrogen and oxygen atoms in total. The molecule has 0 aromatic carbocycles. The molecule has 8 heavy (non-hydrogen) atoms. The van der Waals surface area contributed by atoms with E-state index in [2.05, 4.69) is 6.58 Å².